The van der Waals surface area contributed by atoms with Crippen LogP contribution in [-0.4, -0.2) is 24.1 Å². The van der Waals surface area contributed by atoms with Crippen molar-refractivity contribution in [1.82, 2.24) is 24.1 Å². The van der Waals surface area contributed by atoms with Crippen LogP contribution in [0.15, 0.2) is 101 Å². The molecule has 166 valence electrons. The van der Waals surface area contributed by atoms with Gasteiger partial charge in [-0.15, -0.1) is 0 Å². The second-order valence-corrected chi connectivity index (χ2v) is 8.80. The van der Waals surface area contributed by atoms with Gasteiger partial charge >= 0.3 is 0 Å². The molecule has 0 radical (unpaired) electrons. The Hall–Kier alpha value is -4.04. The van der Waals surface area contributed by atoms with Crippen LogP contribution in [0, 0.1) is 5.82 Å². The van der Waals surface area contributed by atoms with E-state index < -0.39 is 5.82 Å². The number of fused-ring (bicyclic) bond motifs is 3. The van der Waals surface area contributed by atoms with Crippen molar-refractivity contribution in [2.75, 3.05) is 0 Å². The van der Waals surface area contributed by atoms with Gasteiger partial charge in [0, 0.05) is 35.0 Å². The average Bonchev–Trinajstić information content (AvgIpc) is 3.49. The molecule has 0 fully saturated rings. The van der Waals surface area contributed by atoms with Crippen LogP contribution in [0.3, 0.4) is 0 Å². The van der Waals surface area contributed by atoms with E-state index >= 15 is 0 Å². The summed E-state index contributed by atoms with van der Waals surface area (Å²) >= 11 is 3.35. The number of benzene rings is 3. The number of rotatable bonds is 4. The molecule has 0 bridgehead atoms. The summed E-state index contributed by atoms with van der Waals surface area (Å²) in [6.45, 7) is 0.559. The third-order valence-electron chi connectivity index (χ3n) is 5.84. The zero-order valence-electron chi connectivity index (χ0n) is 17.8. The molecule has 3 aromatic carbocycles. The number of para-hydroxylation sites is 2. The van der Waals surface area contributed by atoms with E-state index in [1.165, 1.54) is 6.07 Å². The second kappa shape index (κ2) is 8.07. The number of halogens is 2. The molecule has 6 nitrogen and oxygen atoms in total. The highest BCUT2D eigenvalue weighted by Crippen LogP contribution is 2.30. The topological polar surface area (TPSA) is 57.6 Å². The Bertz CT molecular complexity index is 1650. The summed E-state index contributed by atoms with van der Waals surface area (Å²) in [4.78, 5) is 13.3. The van der Waals surface area contributed by atoms with Crippen molar-refractivity contribution in [2.45, 2.75) is 6.54 Å². The number of hydrogen-bond donors (Lipinski definition) is 0. The van der Waals surface area contributed by atoms with Gasteiger partial charge in [-0.2, -0.15) is 14.9 Å². The molecule has 3 heterocycles. The van der Waals surface area contributed by atoms with Gasteiger partial charge in [0.05, 0.1) is 16.8 Å². The first-order valence-corrected chi connectivity index (χ1v) is 11.4. The van der Waals surface area contributed by atoms with Gasteiger partial charge in [-0.25, -0.2) is 9.07 Å². The molecule has 0 saturated heterocycles. The number of nitrogens with zero attached hydrogens (tertiary/aromatic N) is 5. The predicted molar refractivity (Wildman–Crippen MR) is 132 cm³/mol. The van der Waals surface area contributed by atoms with E-state index in [1.807, 2.05) is 65.4 Å². The minimum atomic E-state index is -0.520. The van der Waals surface area contributed by atoms with E-state index in [-0.39, 0.29) is 11.2 Å². The lowest BCUT2D eigenvalue weighted by molar-refractivity contribution is 0.607. The van der Waals surface area contributed by atoms with Gasteiger partial charge in [-0.3, -0.25) is 4.79 Å². The zero-order chi connectivity index (χ0) is 23.2. The number of aromatic nitrogens is 5. The first kappa shape index (κ1) is 20.6. The van der Waals surface area contributed by atoms with Gasteiger partial charge in [0.2, 0.25) is 0 Å². The Morgan fingerprint density at radius 1 is 0.941 bits per heavy atom. The lowest BCUT2D eigenvalue weighted by atomic mass is 10.1. The van der Waals surface area contributed by atoms with Crippen molar-refractivity contribution >= 4 is 26.8 Å². The zero-order valence-corrected chi connectivity index (χ0v) is 19.4. The first-order valence-electron chi connectivity index (χ1n) is 10.6. The highest BCUT2D eigenvalue weighted by atomic mass is 79.9. The van der Waals surface area contributed by atoms with Crippen LogP contribution in [0.2, 0.25) is 0 Å². The van der Waals surface area contributed by atoms with Crippen LogP contribution >= 0.6 is 15.9 Å². The van der Waals surface area contributed by atoms with Gasteiger partial charge in [-0.05, 0) is 57.9 Å². The summed E-state index contributed by atoms with van der Waals surface area (Å²) in [5.74, 6) is -0.520. The molecular formula is C26H17BrFN5O. The minimum Gasteiger partial charge on any atom is -0.342 e. The summed E-state index contributed by atoms with van der Waals surface area (Å²) in [7, 11) is 0. The molecule has 0 amide bonds. The fourth-order valence-corrected chi connectivity index (χ4v) is 4.74. The average molecular weight is 514 g/mol. The predicted octanol–water partition coefficient (Wildman–Crippen LogP) is 5.43. The molecule has 1 aromatic heterocycles. The molecule has 2 aliphatic heterocycles. The third-order valence-corrected chi connectivity index (χ3v) is 6.48. The summed E-state index contributed by atoms with van der Waals surface area (Å²) in [6, 6.07) is 22.4. The summed E-state index contributed by atoms with van der Waals surface area (Å²) in [6.07, 6.45) is 5.44. The fraction of sp³-hybridized carbons (Fsp3) is 0.0385. The Balaban J connectivity index is 1.49. The molecule has 6 rings (SSSR count). The van der Waals surface area contributed by atoms with E-state index in [4.69, 9.17) is 0 Å². The molecule has 0 saturated carbocycles. The van der Waals surface area contributed by atoms with Crippen LogP contribution in [-0.2, 0) is 6.54 Å². The van der Waals surface area contributed by atoms with Crippen molar-refractivity contribution in [3.63, 3.8) is 0 Å². The van der Waals surface area contributed by atoms with Gasteiger partial charge in [0.25, 0.3) is 5.56 Å². The maximum atomic E-state index is 14.6. The van der Waals surface area contributed by atoms with Crippen molar-refractivity contribution in [1.29, 1.82) is 0 Å². The van der Waals surface area contributed by atoms with E-state index in [0.717, 1.165) is 26.8 Å². The molecule has 34 heavy (non-hydrogen) atoms. The standard InChI is InChI=1S/C26H17BrFN5O/c27-21-6-3-7-22(28)25(21)33-26(34)20-16-31(23-8-2-1-5-19(23)24(20)30-33)15-17-9-11-18(12-10-17)32-14-4-13-29-32/h1-14,16H,15H2. The SMILES string of the molecule is O=c1c2cn(Cc3ccc(-n4cccn4)cc3)c3ccccc3c-2nn1-c1c(F)cccc1Br. The van der Waals surface area contributed by atoms with Gasteiger partial charge in [0.1, 0.15) is 17.2 Å². The van der Waals surface area contributed by atoms with E-state index in [9.17, 15) is 9.18 Å². The molecule has 2 aliphatic rings. The molecule has 0 spiro atoms. The molecule has 0 atom stereocenters. The first-order chi connectivity index (χ1) is 16.6. The minimum absolute atomic E-state index is 0.105. The van der Waals surface area contributed by atoms with Gasteiger partial charge in [-0.1, -0.05) is 36.4 Å². The number of hydrogen-bond acceptors (Lipinski definition) is 3. The summed E-state index contributed by atoms with van der Waals surface area (Å²) in [5.41, 5.74) is 3.69. The van der Waals surface area contributed by atoms with Crippen LogP contribution < -0.4 is 5.56 Å². The van der Waals surface area contributed by atoms with Crippen LogP contribution in [0.25, 0.3) is 33.5 Å². The molecule has 0 unspecified atom stereocenters. The summed E-state index contributed by atoms with van der Waals surface area (Å²) in [5, 5.41) is 9.62. The van der Waals surface area contributed by atoms with E-state index in [0.29, 0.717) is 22.3 Å². The monoisotopic (exact) mass is 513 g/mol. The van der Waals surface area contributed by atoms with Crippen molar-refractivity contribution in [3.05, 3.63) is 118 Å². The third kappa shape index (κ3) is 3.34. The van der Waals surface area contributed by atoms with E-state index in [1.54, 1.807) is 29.2 Å². The summed E-state index contributed by atoms with van der Waals surface area (Å²) < 4.78 is 20.1. The molecule has 8 heteroatoms. The van der Waals surface area contributed by atoms with Crippen molar-refractivity contribution in [3.8, 4) is 22.6 Å². The van der Waals surface area contributed by atoms with Crippen LogP contribution in [0.1, 0.15) is 5.56 Å². The fourth-order valence-electron chi connectivity index (χ4n) is 4.23. The van der Waals surface area contributed by atoms with Gasteiger partial charge in [0.15, 0.2) is 0 Å². The molecule has 4 aromatic rings. The number of pyridine rings is 1. The van der Waals surface area contributed by atoms with E-state index in [2.05, 4.69) is 26.1 Å². The Morgan fingerprint density at radius 3 is 2.53 bits per heavy atom. The lowest BCUT2D eigenvalue weighted by Crippen LogP contribution is -2.17. The van der Waals surface area contributed by atoms with Crippen LogP contribution in [0.4, 0.5) is 4.39 Å². The Labute approximate surface area is 202 Å². The maximum Gasteiger partial charge on any atom is 0.282 e. The van der Waals surface area contributed by atoms with Crippen LogP contribution in [0.5, 0.6) is 0 Å². The Kier molecular flexibility index (Phi) is 4.88. The van der Waals surface area contributed by atoms with Crippen molar-refractivity contribution < 1.29 is 4.39 Å². The van der Waals surface area contributed by atoms with Crippen molar-refractivity contribution in [2.24, 2.45) is 0 Å². The highest BCUT2D eigenvalue weighted by molar-refractivity contribution is 9.10. The maximum absolute atomic E-state index is 14.6. The molecule has 0 aliphatic carbocycles. The molecular weight excluding hydrogens is 497 g/mol. The molecule has 0 N–H and O–H groups in total. The second-order valence-electron chi connectivity index (χ2n) is 7.94. The smallest absolute Gasteiger partial charge is 0.282 e. The largest absolute Gasteiger partial charge is 0.342 e. The lowest BCUT2D eigenvalue weighted by Gasteiger charge is -2.14. The normalized spacial score (nSPS) is 11.5. The Morgan fingerprint density at radius 2 is 1.76 bits per heavy atom. The quantitative estimate of drug-likeness (QED) is 0.316. The van der Waals surface area contributed by atoms with Gasteiger partial charge < -0.3 is 4.57 Å². The highest BCUT2D eigenvalue weighted by Gasteiger charge is 2.23.